The van der Waals surface area contributed by atoms with Crippen molar-refractivity contribution in [2.45, 2.75) is 32.4 Å². The van der Waals surface area contributed by atoms with E-state index >= 15 is 0 Å². The molecule has 0 aromatic carbocycles. The van der Waals surface area contributed by atoms with Crippen molar-refractivity contribution < 1.29 is 19.8 Å². The third-order valence-corrected chi connectivity index (χ3v) is 1.44. The summed E-state index contributed by atoms with van der Waals surface area (Å²) in [6, 6.07) is 0. The van der Waals surface area contributed by atoms with Gasteiger partial charge in [-0.05, 0) is 12.8 Å². The number of hydrogen-bond donors (Lipinski definition) is 4. The standard InChI is InChI=1S/C7H14N2O4/c1-2-3-4-5(8-6(10)11)9-7(12)13/h5,8-9H,2-4H2,1H3,(H,10,11)(H,12,13). The summed E-state index contributed by atoms with van der Waals surface area (Å²) >= 11 is 0. The van der Waals surface area contributed by atoms with E-state index in [1.165, 1.54) is 0 Å². The van der Waals surface area contributed by atoms with E-state index in [0.717, 1.165) is 12.8 Å². The average Bonchev–Trinajstić information content (AvgIpc) is 1.98. The molecule has 0 aliphatic heterocycles. The van der Waals surface area contributed by atoms with Gasteiger partial charge in [0, 0.05) is 0 Å². The van der Waals surface area contributed by atoms with Gasteiger partial charge in [-0.1, -0.05) is 13.3 Å². The van der Waals surface area contributed by atoms with Gasteiger partial charge in [0.15, 0.2) is 0 Å². The van der Waals surface area contributed by atoms with Gasteiger partial charge in [0.05, 0.1) is 0 Å². The number of unbranched alkanes of at least 4 members (excludes halogenated alkanes) is 1. The molecule has 0 atom stereocenters. The molecule has 13 heavy (non-hydrogen) atoms. The number of nitrogens with one attached hydrogen (secondary N) is 2. The first-order valence-corrected chi connectivity index (χ1v) is 4.05. The molecule has 0 heterocycles. The molecule has 0 saturated heterocycles. The van der Waals surface area contributed by atoms with E-state index in [4.69, 9.17) is 10.2 Å². The van der Waals surface area contributed by atoms with Gasteiger partial charge in [-0.25, -0.2) is 9.59 Å². The Bertz CT molecular complexity index is 167. The first kappa shape index (κ1) is 11.5. The predicted molar refractivity (Wildman–Crippen MR) is 45.6 cm³/mol. The Morgan fingerprint density at radius 3 is 2.00 bits per heavy atom. The van der Waals surface area contributed by atoms with Gasteiger partial charge in [0.2, 0.25) is 0 Å². The molecule has 0 aliphatic carbocycles. The summed E-state index contributed by atoms with van der Waals surface area (Å²) in [6.45, 7) is 1.94. The van der Waals surface area contributed by atoms with E-state index in [9.17, 15) is 9.59 Å². The van der Waals surface area contributed by atoms with Crippen molar-refractivity contribution >= 4 is 12.2 Å². The SMILES string of the molecule is CCCCC(NC(=O)O)NC(=O)O. The van der Waals surface area contributed by atoms with E-state index in [-0.39, 0.29) is 0 Å². The smallest absolute Gasteiger partial charge is 0.406 e. The van der Waals surface area contributed by atoms with Crippen LogP contribution in [-0.4, -0.2) is 28.6 Å². The zero-order valence-electron chi connectivity index (χ0n) is 7.41. The van der Waals surface area contributed by atoms with E-state index in [0.29, 0.717) is 6.42 Å². The van der Waals surface area contributed by atoms with Crippen LogP contribution in [0.3, 0.4) is 0 Å². The molecule has 4 N–H and O–H groups in total. The molecule has 0 aliphatic rings. The first-order valence-electron chi connectivity index (χ1n) is 4.05. The van der Waals surface area contributed by atoms with Gasteiger partial charge < -0.3 is 20.8 Å². The van der Waals surface area contributed by atoms with E-state index < -0.39 is 18.4 Å². The maximum Gasteiger partial charge on any atom is 0.406 e. The fourth-order valence-corrected chi connectivity index (χ4v) is 0.887. The van der Waals surface area contributed by atoms with Crippen LogP contribution in [0.4, 0.5) is 9.59 Å². The number of amides is 2. The molecule has 0 spiro atoms. The summed E-state index contributed by atoms with van der Waals surface area (Å²) in [5.41, 5.74) is 0. The fraction of sp³-hybridized carbons (Fsp3) is 0.714. The van der Waals surface area contributed by atoms with E-state index in [1.807, 2.05) is 6.92 Å². The van der Waals surface area contributed by atoms with Crippen LogP contribution in [0, 0.1) is 0 Å². The minimum atomic E-state index is -1.23. The van der Waals surface area contributed by atoms with Crippen LogP contribution in [0.5, 0.6) is 0 Å². The zero-order chi connectivity index (χ0) is 10.3. The Morgan fingerprint density at radius 1 is 1.23 bits per heavy atom. The lowest BCUT2D eigenvalue weighted by atomic mass is 10.2. The van der Waals surface area contributed by atoms with Crippen molar-refractivity contribution in [3.05, 3.63) is 0 Å². The molecule has 2 amide bonds. The highest BCUT2D eigenvalue weighted by Gasteiger charge is 2.12. The summed E-state index contributed by atoms with van der Waals surface area (Å²) in [4.78, 5) is 20.4. The lowest BCUT2D eigenvalue weighted by Crippen LogP contribution is -2.46. The molecule has 0 unspecified atom stereocenters. The summed E-state index contributed by atoms with van der Waals surface area (Å²) < 4.78 is 0. The number of carbonyl (C=O) groups is 2. The second-order valence-electron chi connectivity index (χ2n) is 2.59. The highest BCUT2D eigenvalue weighted by molar-refractivity contribution is 5.68. The second kappa shape index (κ2) is 6.10. The highest BCUT2D eigenvalue weighted by atomic mass is 16.4. The van der Waals surface area contributed by atoms with Crippen molar-refractivity contribution in [1.82, 2.24) is 10.6 Å². The minimum Gasteiger partial charge on any atom is -0.465 e. The van der Waals surface area contributed by atoms with Crippen LogP contribution in [0.15, 0.2) is 0 Å². The molecule has 0 radical (unpaired) electrons. The highest BCUT2D eigenvalue weighted by Crippen LogP contribution is 1.97. The minimum absolute atomic E-state index is 0.467. The quantitative estimate of drug-likeness (QED) is 0.487. The maximum atomic E-state index is 10.2. The largest absolute Gasteiger partial charge is 0.465 e. The van der Waals surface area contributed by atoms with Crippen LogP contribution < -0.4 is 10.6 Å². The van der Waals surface area contributed by atoms with Crippen LogP contribution in [0.1, 0.15) is 26.2 Å². The molecule has 0 fully saturated rings. The molecular formula is C7H14N2O4. The average molecular weight is 190 g/mol. The maximum absolute atomic E-state index is 10.2. The third-order valence-electron chi connectivity index (χ3n) is 1.44. The van der Waals surface area contributed by atoms with Crippen molar-refractivity contribution in [2.75, 3.05) is 0 Å². The van der Waals surface area contributed by atoms with Crippen LogP contribution >= 0.6 is 0 Å². The summed E-state index contributed by atoms with van der Waals surface area (Å²) in [6.07, 6.45) is -1.04. The van der Waals surface area contributed by atoms with Crippen molar-refractivity contribution in [1.29, 1.82) is 0 Å². The van der Waals surface area contributed by atoms with E-state index in [2.05, 4.69) is 10.6 Å². The van der Waals surface area contributed by atoms with Crippen molar-refractivity contribution in [2.24, 2.45) is 0 Å². The normalized spacial score (nSPS) is 9.69. The number of carboxylic acid groups (broad SMARTS) is 2. The van der Waals surface area contributed by atoms with Gasteiger partial charge >= 0.3 is 12.2 Å². The Labute approximate surface area is 75.9 Å². The summed E-state index contributed by atoms with van der Waals surface area (Å²) in [7, 11) is 0. The summed E-state index contributed by atoms with van der Waals surface area (Å²) in [5, 5.41) is 20.8. The van der Waals surface area contributed by atoms with Crippen molar-refractivity contribution in [3.63, 3.8) is 0 Å². The fourth-order valence-electron chi connectivity index (χ4n) is 0.887. The lowest BCUT2D eigenvalue weighted by Gasteiger charge is -2.15. The number of rotatable bonds is 5. The zero-order valence-corrected chi connectivity index (χ0v) is 7.41. The van der Waals surface area contributed by atoms with Crippen LogP contribution in [0.25, 0.3) is 0 Å². The Hall–Kier alpha value is -1.46. The molecule has 6 nitrogen and oxygen atoms in total. The molecule has 6 heteroatoms. The molecule has 0 bridgehead atoms. The Kier molecular flexibility index (Phi) is 5.42. The molecule has 0 aromatic rings. The molecule has 0 rings (SSSR count). The Balaban J connectivity index is 3.87. The second-order valence-corrected chi connectivity index (χ2v) is 2.59. The molecule has 76 valence electrons. The summed E-state index contributed by atoms with van der Waals surface area (Å²) in [5.74, 6) is 0. The lowest BCUT2D eigenvalue weighted by molar-refractivity contribution is 0.174. The topological polar surface area (TPSA) is 98.7 Å². The number of hydrogen-bond acceptors (Lipinski definition) is 2. The van der Waals surface area contributed by atoms with E-state index in [1.54, 1.807) is 0 Å². The van der Waals surface area contributed by atoms with Crippen LogP contribution in [0.2, 0.25) is 0 Å². The molecule has 0 aromatic heterocycles. The van der Waals surface area contributed by atoms with Crippen molar-refractivity contribution in [3.8, 4) is 0 Å². The van der Waals surface area contributed by atoms with Gasteiger partial charge in [-0.15, -0.1) is 0 Å². The van der Waals surface area contributed by atoms with Gasteiger partial charge in [0.25, 0.3) is 0 Å². The van der Waals surface area contributed by atoms with Gasteiger partial charge in [-0.3, -0.25) is 0 Å². The molecule has 0 saturated carbocycles. The Morgan fingerprint density at radius 2 is 1.69 bits per heavy atom. The molecular weight excluding hydrogens is 176 g/mol. The predicted octanol–water partition coefficient (Wildman–Crippen LogP) is 1.04. The monoisotopic (exact) mass is 190 g/mol. The first-order chi connectivity index (χ1) is 6.06. The third kappa shape index (κ3) is 6.92. The van der Waals surface area contributed by atoms with Gasteiger partial charge in [0.1, 0.15) is 6.17 Å². The van der Waals surface area contributed by atoms with Gasteiger partial charge in [-0.2, -0.15) is 0 Å². The van der Waals surface area contributed by atoms with Crippen LogP contribution in [-0.2, 0) is 0 Å².